The number of halogens is 1. The van der Waals surface area contributed by atoms with Crippen molar-refractivity contribution >= 4 is 23.4 Å². The molecule has 0 fully saturated rings. The number of carbonyl (C=O) groups is 2. The summed E-state index contributed by atoms with van der Waals surface area (Å²) in [6.45, 7) is 5.25. The Kier molecular flexibility index (Phi) is 6.21. The van der Waals surface area contributed by atoms with Crippen molar-refractivity contribution < 1.29 is 14.3 Å². The van der Waals surface area contributed by atoms with E-state index in [1.165, 1.54) is 6.07 Å². The van der Waals surface area contributed by atoms with Crippen LogP contribution < -0.4 is 15.6 Å². The molecule has 2 aromatic carbocycles. The smallest absolute Gasteiger partial charge is 0.279 e. The van der Waals surface area contributed by atoms with E-state index in [-0.39, 0.29) is 5.56 Å². The molecule has 0 aliphatic rings. The molecule has 0 radical (unpaired) electrons. The summed E-state index contributed by atoms with van der Waals surface area (Å²) in [5, 5.41) is 9.45. The molecule has 2 aromatic rings. The summed E-state index contributed by atoms with van der Waals surface area (Å²) >= 11 is 5.98. The van der Waals surface area contributed by atoms with E-state index in [4.69, 9.17) is 21.6 Å². The van der Waals surface area contributed by atoms with Crippen LogP contribution in [0.4, 0.5) is 0 Å². The number of carbonyl (C=O) groups excluding carboxylic acids is 2. The minimum Gasteiger partial charge on any atom is -0.480 e. The molecule has 2 rings (SSSR count). The standard InChI is InChI=1S/C19H18ClN3O3/c1-11-7-16(20)8-12(2)17(11)26-13(3)18(24)22-23-19(25)15-6-4-5-14(9-15)10-21/h4-9,13H,1-3H3,(H,22,24)(H,23,25). The molecule has 6 nitrogen and oxygen atoms in total. The Hall–Kier alpha value is -3.04. The lowest BCUT2D eigenvalue weighted by molar-refractivity contribution is -0.128. The number of nitrogens with one attached hydrogen (secondary N) is 2. The summed E-state index contributed by atoms with van der Waals surface area (Å²) in [6.07, 6.45) is -0.834. The average Bonchev–Trinajstić information content (AvgIpc) is 2.62. The van der Waals surface area contributed by atoms with Crippen molar-refractivity contribution in [2.75, 3.05) is 0 Å². The number of rotatable bonds is 4. The molecular weight excluding hydrogens is 354 g/mol. The van der Waals surface area contributed by atoms with E-state index in [0.717, 1.165) is 11.1 Å². The van der Waals surface area contributed by atoms with Gasteiger partial charge >= 0.3 is 0 Å². The normalized spacial score (nSPS) is 11.2. The highest BCUT2D eigenvalue weighted by molar-refractivity contribution is 6.30. The van der Waals surface area contributed by atoms with Crippen molar-refractivity contribution in [3.8, 4) is 11.8 Å². The third-order valence-corrected chi connectivity index (χ3v) is 3.86. The fourth-order valence-corrected chi connectivity index (χ4v) is 2.66. The maximum atomic E-state index is 12.2. The quantitative estimate of drug-likeness (QED) is 0.808. The highest BCUT2D eigenvalue weighted by Crippen LogP contribution is 2.27. The molecule has 0 saturated carbocycles. The number of ether oxygens (including phenoxy) is 1. The Labute approximate surface area is 156 Å². The second-order valence-electron chi connectivity index (χ2n) is 5.76. The van der Waals surface area contributed by atoms with Gasteiger partial charge in [-0.3, -0.25) is 20.4 Å². The van der Waals surface area contributed by atoms with Crippen LogP contribution in [0.2, 0.25) is 5.02 Å². The largest absolute Gasteiger partial charge is 0.480 e. The van der Waals surface area contributed by atoms with Gasteiger partial charge in [0.05, 0.1) is 11.6 Å². The molecule has 0 spiro atoms. The summed E-state index contributed by atoms with van der Waals surface area (Å²) in [4.78, 5) is 24.2. The van der Waals surface area contributed by atoms with Crippen LogP contribution in [-0.2, 0) is 4.79 Å². The van der Waals surface area contributed by atoms with Crippen LogP contribution in [-0.4, -0.2) is 17.9 Å². The first-order valence-corrected chi connectivity index (χ1v) is 8.23. The number of hydrazine groups is 1. The van der Waals surface area contributed by atoms with E-state index in [2.05, 4.69) is 10.9 Å². The van der Waals surface area contributed by atoms with Crippen molar-refractivity contribution in [3.63, 3.8) is 0 Å². The number of amides is 2. The van der Waals surface area contributed by atoms with Crippen LogP contribution >= 0.6 is 11.6 Å². The van der Waals surface area contributed by atoms with Crippen molar-refractivity contribution in [1.82, 2.24) is 10.9 Å². The molecule has 134 valence electrons. The Morgan fingerprint density at radius 3 is 2.42 bits per heavy atom. The third-order valence-electron chi connectivity index (χ3n) is 3.64. The summed E-state index contributed by atoms with van der Waals surface area (Å²) in [5.74, 6) is -0.463. The van der Waals surface area contributed by atoms with E-state index in [1.54, 1.807) is 37.3 Å². The summed E-state index contributed by atoms with van der Waals surface area (Å²) in [5.41, 5.74) is 6.87. The Morgan fingerprint density at radius 2 is 1.81 bits per heavy atom. The van der Waals surface area contributed by atoms with Gasteiger partial charge in [0.1, 0.15) is 5.75 Å². The maximum absolute atomic E-state index is 12.2. The van der Waals surface area contributed by atoms with Gasteiger partial charge in [-0.1, -0.05) is 17.7 Å². The Bertz CT molecular complexity index is 867. The number of aryl methyl sites for hydroxylation is 2. The zero-order valence-corrected chi connectivity index (χ0v) is 15.3. The highest BCUT2D eigenvalue weighted by atomic mass is 35.5. The monoisotopic (exact) mass is 371 g/mol. The second kappa shape index (κ2) is 8.37. The maximum Gasteiger partial charge on any atom is 0.279 e. The lowest BCUT2D eigenvalue weighted by Gasteiger charge is -2.18. The van der Waals surface area contributed by atoms with Gasteiger partial charge in [0.15, 0.2) is 6.10 Å². The van der Waals surface area contributed by atoms with Crippen molar-refractivity contribution in [2.24, 2.45) is 0 Å². The molecule has 7 heteroatoms. The summed E-state index contributed by atoms with van der Waals surface area (Å²) in [6, 6.07) is 11.6. The molecule has 0 bridgehead atoms. The number of nitrogens with zero attached hydrogens (tertiary/aromatic N) is 1. The van der Waals surface area contributed by atoms with Crippen LogP contribution in [0.1, 0.15) is 34.0 Å². The van der Waals surface area contributed by atoms with Gasteiger partial charge in [0.2, 0.25) is 0 Å². The van der Waals surface area contributed by atoms with Crippen LogP contribution in [0, 0.1) is 25.2 Å². The van der Waals surface area contributed by atoms with Gasteiger partial charge < -0.3 is 4.74 Å². The average molecular weight is 372 g/mol. The molecule has 0 heterocycles. The number of hydrogen-bond donors (Lipinski definition) is 2. The van der Waals surface area contributed by atoms with Gasteiger partial charge in [0, 0.05) is 10.6 Å². The first-order chi connectivity index (χ1) is 12.3. The second-order valence-corrected chi connectivity index (χ2v) is 6.20. The number of benzene rings is 2. The predicted molar refractivity (Wildman–Crippen MR) is 97.8 cm³/mol. The van der Waals surface area contributed by atoms with Gasteiger partial charge in [-0.25, -0.2) is 0 Å². The van der Waals surface area contributed by atoms with Crippen molar-refractivity contribution in [2.45, 2.75) is 26.9 Å². The molecule has 1 atom stereocenters. The topological polar surface area (TPSA) is 91.2 Å². The van der Waals surface area contributed by atoms with E-state index >= 15 is 0 Å². The van der Waals surface area contributed by atoms with Crippen molar-refractivity contribution in [1.29, 1.82) is 5.26 Å². The molecule has 26 heavy (non-hydrogen) atoms. The minimum absolute atomic E-state index is 0.266. The van der Waals surface area contributed by atoms with E-state index in [9.17, 15) is 9.59 Å². The highest BCUT2D eigenvalue weighted by Gasteiger charge is 2.18. The van der Waals surface area contributed by atoms with Crippen LogP contribution in [0.3, 0.4) is 0 Å². The van der Waals surface area contributed by atoms with E-state index in [0.29, 0.717) is 16.3 Å². The number of hydrogen-bond acceptors (Lipinski definition) is 4. The van der Waals surface area contributed by atoms with Crippen molar-refractivity contribution in [3.05, 3.63) is 63.7 Å². The molecule has 2 N–H and O–H groups in total. The first kappa shape index (κ1) is 19.3. The van der Waals surface area contributed by atoms with Gasteiger partial charge in [-0.2, -0.15) is 5.26 Å². The fraction of sp³-hybridized carbons (Fsp3) is 0.211. The minimum atomic E-state index is -0.834. The fourth-order valence-electron chi connectivity index (χ4n) is 2.34. The predicted octanol–water partition coefficient (Wildman–Crippen LogP) is 3.06. The van der Waals surface area contributed by atoms with Gasteiger partial charge in [-0.15, -0.1) is 0 Å². The zero-order valence-electron chi connectivity index (χ0n) is 14.6. The molecular formula is C19H18ClN3O3. The molecule has 0 saturated heterocycles. The molecule has 1 unspecified atom stereocenters. The van der Waals surface area contributed by atoms with Crippen LogP contribution in [0.15, 0.2) is 36.4 Å². The van der Waals surface area contributed by atoms with E-state index < -0.39 is 17.9 Å². The lowest BCUT2D eigenvalue weighted by atomic mass is 10.1. The molecule has 0 aliphatic carbocycles. The Balaban J connectivity index is 1.97. The molecule has 0 aromatic heterocycles. The summed E-state index contributed by atoms with van der Waals surface area (Å²) < 4.78 is 5.70. The zero-order chi connectivity index (χ0) is 19.3. The van der Waals surface area contributed by atoms with Gasteiger partial charge in [-0.05, 0) is 62.2 Å². The summed E-state index contributed by atoms with van der Waals surface area (Å²) in [7, 11) is 0. The molecule has 0 aliphatic heterocycles. The molecule has 2 amide bonds. The first-order valence-electron chi connectivity index (χ1n) is 7.85. The third kappa shape index (κ3) is 4.74. The van der Waals surface area contributed by atoms with Crippen LogP contribution in [0.25, 0.3) is 0 Å². The lowest BCUT2D eigenvalue weighted by Crippen LogP contribution is -2.47. The SMILES string of the molecule is Cc1cc(Cl)cc(C)c1OC(C)C(=O)NNC(=O)c1cccc(C#N)c1. The number of nitriles is 1. The van der Waals surface area contributed by atoms with Crippen LogP contribution in [0.5, 0.6) is 5.75 Å². The van der Waals surface area contributed by atoms with E-state index in [1.807, 2.05) is 19.9 Å². The van der Waals surface area contributed by atoms with Gasteiger partial charge in [0.25, 0.3) is 11.8 Å². The Morgan fingerprint density at radius 1 is 1.15 bits per heavy atom.